The highest BCUT2D eigenvalue weighted by molar-refractivity contribution is 4.82. The number of hydrogen-bond donors (Lipinski definition) is 0. The predicted molar refractivity (Wildman–Crippen MR) is 114 cm³/mol. The van der Waals surface area contributed by atoms with Gasteiger partial charge in [0.2, 0.25) is 0 Å². The molecule has 0 aromatic carbocycles. The lowest BCUT2D eigenvalue weighted by atomic mass is 9.99. The molecule has 2 atom stereocenters. The quantitative estimate of drug-likeness (QED) is 0.204. The Kier molecular flexibility index (Phi) is 13.4. The molecule has 0 aromatic rings. The van der Waals surface area contributed by atoms with Crippen LogP contribution in [0, 0.1) is 0 Å². The summed E-state index contributed by atoms with van der Waals surface area (Å²) in [6.07, 6.45) is 24.1. The minimum Gasteiger partial charge on any atom is -0.347 e. The summed E-state index contributed by atoms with van der Waals surface area (Å²) in [6, 6.07) is 0. The van der Waals surface area contributed by atoms with Crippen molar-refractivity contribution in [3.05, 3.63) is 12.7 Å². The van der Waals surface area contributed by atoms with Crippen LogP contribution in [0.15, 0.2) is 12.7 Å². The Morgan fingerprint density at radius 3 is 1.73 bits per heavy atom. The van der Waals surface area contributed by atoms with Gasteiger partial charge in [-0.15, -0.1) is 6.58 Å². The third-order valence-corrected chi connectivity index (χ3v) is 5.49. The Morgan fingerprint density at radius 2 is 1.23 bits per heavy atom. The molecule has 1 aliphatic heterocycles. The van der Waals surface area contributed by atoms with Gasteiger partial charge in [0.1, 0.15) is 0 Å². The maximum atomic E-state index is 6.10. The van der Waals surface area contributed by atoms with Crippen molar-refractivity contribution in [2.45, 2.75) is 141 Å². The lowest BCUT2D eigenvalue weighted by molar-refractivity contribution is -0.299. The molecule has 0 bridgehead atoms. The van der Waals surface area contributed by atoms with Crippen molar-refractivity contribution in [1.82, 2.24) is 0 Å². The zero-order valence-corrected chi connectivity index (χ0v) is 18.1. The molecule has 0 spiro atoms. The Labute approximate surface area is 164 Å². The van der Waals surface area contributed by atoms with Gasteiger partial charge >= 0.3 is 0 Å². The van der Waals surface area contributed by atoms with E-state index >= 15 is 0 Å². The van der Waals surface area contributed by atoms with E-state index in [0.29, 0.717) is 6.10 Å². The first-order valence-corrected chi connectivity index (χ1v) is 11.5. The molecule has 1 heterocycles. The molecule has 0 aliphatic carbocycles. The lowest BCUT2D eigenvalue weighted by Crippen LogP contribution is -2.44. The summed E-state index contributed by atoms with van der Waals surface area (Å²) < 4.78 is 12.1. The van der Waals surface area contributed by atoms with Crippen molar-refractivity contribution in [1.29, 1.82) is 0 Å². The number of ether oxygens (including phenoxy) is 2. The van der Waals surface area contributed by atoms with Crippen LogP contribution in [0.4, 0.5) is 0 Å². The van der Waals surface area contributed by atoms with Gasteiger partial charge in [-0.25, -0.2) is 0 Å². The van der Waals surface area contributed by atoms with Gasteiger partial charge < -0.3 is 9.47 Å². The minimum absolute atomic E-state index is 0.281. The topological polar surface area (TPSA) is 18.5 Å². The molecule has 0 amide bonds. The van der Waals surface area contributed by atoms with Crippen LogP contribution in [0.25, 0.3) is 0 Å². The van der Waals surface area contributed by atoms with Crippen molar-refractivity contribution in [2.75, 3.05) is 0 Å². The Bertz CT molecular complexity index is 337. The molecule has 2 nitrogen and oxygen atoms in total. The fraction of sp³-hybridized carbons (Fsp3) is 0.917. The highest BCUT2D eigenvalue weighted by Crippen LogP contribution is 2.30. The van der Waals surface area contributed by atoms with Crippen LogP contribution in [0.3, 0.4) is 0 Å². The van der Waals surface area contributed by atoms with Crippen molar-refractivity contribution in [3.63, 3.8) is 0 Å². The van der Waals surface area contributed by atoms with Gasteiger partial charge in [0, 0.05) is 6.42 Å². The molecule has 2 heteroatoms. The Morgan fingerprint density at radius 1 is 0.769 bits per heavy atom. The van der Waals surface area contributed by atoms with Gasteiger partial charge in [0.15, 0.2) is 5.79 Å². The highest BCUT2D eigenvalue weighted by Gasteiger charge is 2.34. The summed E-state index contributed by atoms with van der Waals surface area (Å²) in [6.45, 7) is 10.2. The largest absolute Gasteiger partial charge is 0.347 e. The van der Waals surface area contributed by atoms with E-state index in [9.17, 15) is 0 Å². The van der Waals surface area contributed by atoms with Crippen LogP contribution in [-0.4, -0.2) is 18.0 Å². The molecule has 0 radical (unpaired) electrons. The maximum Gasteiger partial charge on any atom is 0.163 e. The molecule has 1 aliphatic rings. The average Bonchev–Trinajstić information content (AvgIpc) is 2.58. The van der Waals surface area contributed by atoms with Crippen LogP contribution >= 0.6 is 0 Å². The summed E-state index contributed by atoms with van der Waals surface area (Å²) in [7, 11) is 0. The molecule has 1 fully saturated rings. The molecule has 0 aromatic heterocycles. The molecule has 1 rings (SSSR count). The Balaban J connectivity index is 1.93. The fourth-order valence-electron chi connectivity index (χ4n) is 4.12. The first-order chi connectivity index (χ1) is 12.6. The van der Waals surface area contributed by atoms with Crippen LogP contribution in [0.5, 0.6) is 0 Å². The van der Waals surface area contributed by atoms with E-state index in [1.165, 1.54) is 89.9 Å². The SMILES string of the molecule is C=CC[C@@H]1C[C@@H](CCCCCCCCCCCCCCC)OC(C)(C)O1. The summed E-state index contributed by atoms with van der Waals surface area (Å²) in [5.41, 5.74) is 0. The van der Waals surface area contributed by atoms with Gasteiger partial charge in [-0.3, -0.25) is 0 Å². The summed E-state index contributed by atoms with van der Waals surface area (Å²) in [5, 5.41) is 0. The lowest BCUT2D eigenvalue weighted by Gasteiger charge is -2.40. The second kappa shape index (κ2) is 14.7. The van der Waals surface area contributed by atoms with E-state index in [1.807, 2.05) is 19.9 Å². The number of hydrogen-bond acceptors (Lipinski definition) is 2. The maximum absolute atomic E-state index is 6.10. The van der Waals surface area contributed by atoms with E-state index in [2.05, 4.69) is 13.5 Å². The molecule has 154 valence electrons. The van der Waals surface area contributed by atoms with Crippen LogP contribution < -0.4 is 0 Å². The molecular formula is C24H46O2. The van der Waals surface area contributed by atoms with Crippen LogP contribution in [0.1, 0.15) is 124 Å². The molecule has 0 unspecified atom stereocenters. The highest BCUT2D eigenvalue weighted by atomic mass is 16.7. The smallest absolute Gasteiger partial charge is 0.163 e. The minimum atomic E-state index is -0.437. The Hall–Kier alpha value is -0.340. The van der Waals surface area contributed by atoms with Gasteiger partial charge in [-0.1, -0.05) is 96.5 Å². The third kappa shape index (κ3) is 12.1. The molecule has 26 heavy (non-hydrogen) atoms. The van der Waals surface area contributed by atoms with Crippen molar-refractivity contribution < 1.29 is 9.47 Å². The first-order valence-electron chi connectivity index (χ1n) is 11.5. The van der Waals surface area contributed by atoms with Crippen molar-refractivity contribution >= 4 is 0 Å². The molecule has 0 N–H and O–H groups in total. The first kappa shape index (κ1) is 23.7. The van der Waals surface area contributed by atoms with E-state index in [4.69, 9.17) is 9.47 Å². The van der Waals surface area contributed by atoms with Gasteiger partial charge in [0.25, 0.3) is 0 Å². The summed E-state index contributed by atoms with van der Waals surface area (Å²) >= 11 is 0. The number of unbranched alkanes of at least 4 members (excludes halogenated alkanes) is 12. The second-order valence-corrected chi connectivity index (χ2v) is 8.67. The second-order valence-electron chi connectivity index (χ2n) is 8.67. The zero-order chi connectivity index (χ0) is 19.1. The van der Waals surface area contributed by atoms with E-state index < -0.39 is 5.79 Å². The molecule has 1 saturated heterocycles. The van der Waals surface area contributed by atoms with E-state index in [-0.39, 0.29) is 6.10 Å². The summed E-state index contributed by atoms with van der Waals surface area (Å²) in [5.74, 6) is -0.437. The van der Waals surface area contributed by atoms with E-state index in [0.717, 1.165) is 12.8 Å². The molecule has 0 saturated carbocycles. The van der Waals surface area contributed by atoms with Crippen molar-refractivity contribution in [3.8, 4) is 0 Å². The normalized spacial score (nSPS) is 22.4. The summed E-state index contributed by atoms with van der Waals surface area (Å²) in [4.78, 5) is 0. The van der Waals surface area contributed by atoms with Crippen LogP contribution in [0.2, 0.25) is 0 Å². The number of rotatable bonds is 16. The standard InChI is InChI=1S/C24H46O2/c1-5-7-8-9-10-11-12-13-14-15-16-17-18-20-23-21-22(19-6-2)25-24(3,4)26-23/h6,22-23H,2,5,7-21H2,1,3-4H3/t22-,23-/m1/s1. The van der Waals surface area contributed by atoms with E-state index in [1.54, 1.807) is 0 Å². The fourth-order valence-corrected chi connectivity index (χ4v) is 4.12. The van der Waals surface area contributed by atoms with Gasteiger partial charge in [-0.2, -0.15) is 0 Å². The van der Waals surface area contributed by atoms with Gasteiger partial charge in [0.05, 0.1) is 12.2 Å². The average molecular weight is 367 g/mol. The zero-order valence-electron chi connectivity index (χ0n) is 18.1. The predicted octanol–water partition coefficient (Wildman–Crippen LogP) is 7.95. The van der Waals surface area contributed by atoms with Crippen molar-refractivity contribution in [2.24, 2.45) is 0 Å². The monoisotopic (exact) mass is 366 g/mol. The van der Waals surface area contributed by atoms with Gasteiger partial charge in [-0.05, 0) is 26.7 Å². The third-order valence-electron chi connectivity index (χ3n) is 5.49. The van der Waals surface area contributed by atoms with Crippen LogP contribution in [-0.2, 0) is 9.47 Å². The molecular weight excluding hydrogens is 320 g/mol.